The summed E-state index contributed by atoms with van der Waals surface area (Å²) in [6, 6.07) is 6.08. The summed E-state index contributed by atoms with van der Waals surface area (Å²) in [7, 11) is 0. The van der Waals surface area contributed by atoms with E-state index in [0.717, 1.165) is 36.2 Å². The number of aryl methyl sites for hydroxylation is 2. The van der Waals surface area contributed by atoms with Crippen LogP contribution in [0.25, 0.3) is 5.69 Å². The molecule has 3 rings (SSSR count). The summed E-state index contributed by atoms with van der Waals surface area (Å²) in [5.74, 6) is 0.613. The Balaban J connectivity index is 1.76. The standard InChI is InChI=1S/C15H19N5OS/c1-10-5-3-6-11(2)14(10)20-15(17-18-19-20)22-9-13(21)12-7-4-8-16-12/h3,5-6,12,16H,4,7-9H2,1-2H3. The van der Waals surface area contributed by atoms with Crippen molar-refractivity contribution in [3.63, 3.8) is 0 Å². The number of ketones is 1. The predicted molar refractivity (Wildman–Crippen MR) is 85.4 cm³/mol. The molecular formula is C15H19N5OS. The lowest BCUT2D eigenvalue weighted by Gasteiger charge is -2.11. The Bertz CT molecular complexity index is 658. The SMILES string of the molecule is Cc1cccc(C)c1-n1nnnc1SCC(=O)C1CCCN1. The fourth-order valence-corrected chi connectivity index (χ4v) is 3.56. The Morgan fingerprint density at radius 3 is 2.86 bits per heavy atom. The number of aromatic nitrogens is 4. The molecule has 1 unspecified atom stereocenters. The summed E-state index contributed by atoms with van der Waals surface area (Å²) < 4.78 is 1.73. The first-order valence-electron chi connectivity index (χ1n) is 7.40. The number of rotatable bonds is 5. The first-order valence-corrected chi connectivity index (χ1v) is 8.39. The second kappa shape index (κ2) is 6.58. The Morgan fingerprint density at radius 2 is 2.18 bits per heavy atom. The average Bonchev–Trinajstić information content (AvgIpc) is 3.16. The third kappa shape index (κ3) is 3.05. The normalized spacial score (nSPS) is 17.8. The van der Waals surface area contributed by atoms with Crippen LogP contribution >= 0.6 is 11.8 Å². The maximum Gasteiger partial charge on any atom is 0.214 e. The number of tetrazole rings is 1. The molecule has 0 aliphatic carbocycles. The van der Waals surface area contributed by atoms with Gasteiger partial charge in [0.1, 0.15) is 0 Å². The number of para-hydroxylation sites is 1. The van der Waals surface area contributed by atoms with Crippen molar-refractivity contribution < 1.29 is 4.79 Å². The van der Waals surface area contributed by atoms with Gasteiger partial charge in [0, 0.05) is 0 Å². The van der Waals surface area contributed by atoms with Crippen LogP contribution in [-0.4, -0.2) is 44.3 Å². The Kier molecular flexibility index (Phi) is 4.54. The highest BCUT2D eigenvalue weighted by Gasteiger charge is 2.23. The topological polar surface area (TPSA) is 72.7 Å². The third-order valence-electron chi connectivity index (χ3n) is 3.88. The fraction of sp³-hybridized carbons (Fsp3) is 0.467. The first kappa shape index (κ1) is 15.2. The molecule has 7 heteroatoms. The Labute approximate surface area is 133 Å². The zero-order valence-electron chi connectivity index (χ0n) is 12.7. The van der Waals surface area contributed by atoms with Crippen LogP contribution in [0.15, 0.2) is 23.4 Å². The number of nitrogens with zero attached hydrogens (tertiary/aromatic N) is 4. The molecule has 1 fully saturated rings. The van der Waals surface area contributed by atoms with Crippen molar-refractivity contribution in [2.45, 2.75) is 37.9 Å². The van der Waals surface area contributed by atoms with Crippen LogP contribution in [0, 0.1) is 13.8 Å². The van der Waals surface area contributed by atoms with E-state index in [1.54, 1.807) is 4.68 Å². The van der Waals surface area contributed by atoms with Crippen LogP contribution in [-0.2, 0) is 4.79 Å². The Hall–Kier alpha value is -1.73. The van der Waals surface area contributed by atoms with Crippen LogP contribution in [0.1, 0.15) is 24.0 Å². The molecule has 0 saturated carbocycles. The van der Waals surface area contributed by atoms with E-state index >= 15 is 0 Å². The number of carbonyl (C=O) groups is 1. The van der Waals surface area contributed by atoms with Gasteiger partial charge in [0.25, 0.3) is 0 Å². The molecule has 1 aliphatic rings. The number of hydrogen-bond donors (Lipinski definition) is 1. The number of thioether (sulfide) groups is 1. The molecule has 1 N–H and O–H groups in total. The zero-order chi connectivity index (χ0) is 15.5. The second-order valence-electron chi connectivity index (χ2n) is 5.52. The highest BCUT2D eigenvalue weighted by molar-refractivity contribution is 7.99. The summed E-state index contributed by atoms with van der Waals surface area (Å²) in [5.41, 5.74) is 3.21. The van der Waals surface area contributed by atoms with Crippen molar-refractivity contribution in [2.75, 3.05) is 12.3 Å². The van der Waals surface area contributed by atoms with Crippen LogP contribution in [0.5, 0.6) is 0 Å². The Morgan fingerprint density at radius 1 is 1.41 bits per heavy atom. The molecule has 6 nitrogen and oxygen atoms in total. The number of nitrogens with one attached hydrogen (secondary N) is 1. The second-order valence-corrected chi connectivity index (χ2v) is 6.46. The molecule has 2 aromatic rings. The lowest BCUT2D eigenvalue weighted by Crippen LogP contribution is -2.32. The minimum atomic E-state index is -0.00275. The molecule has 1 aromatic carbocycles. The number of benzene rings is 1. The molecular weight excluding hydrogens is 298 g/mol. The molecule has 1 aromatic heterocycles. The molecule has 116 valence electrons. The summed E-state index contributed by atoms with van der Waals surface area (Å²) >= 11 is 1.40. The molecule has 0 bridgehead atoms. The first-order chi connectivity index (χ1) is 10.7. The average molecular weight is 317 g/mol. The van der Waals surface area contributed by atoms with Crippen LogP contribution < -0.4 is 5.32 Å². The van der Waals surface area contributed by atoms with Gasteiger partial charge in [-0.25, -0.2) is 0 Å². The molecule has 2 heterocycles. The summed E-state index contributed by atoms with van der Waals surface area (Å²) in [6.45, 7) is 5.00. The minimum absolute atomic E-state index is 0.00275. The van der Waals surface area contributed by atoms with Crippen molar-refractivity contribution in [1.82, 2.24) is 25.5 Å². The van der Waals surface area contributed by atoms with Gasteiger partial charge in [0.05, 0.1) is 17.5 Å². The van der Waals surface area contributed by atoms with Gasteiger partial charge in [0.15, 0.2) is 5.78 Å². The quantitative estimate of drug-likeness (QED) is 0.846. The zero-order valence-corrected chi connectivity index (χ0v) is 13.6. The van der Waals surface area contributed by atoms with Gasteiger partial charge in [-0.15, -0.1) is 5.10 Å². The van der Waals surface area contributed by atoms with Gasteiger partial charge < -0.3 is 5.32 Å². The van der Waals surface area contributed by atoms with Crippen molar-refractivity contribution >= 4 is 17.5 Å². The molecule has 1 aliphatic heterocycles. The molecule has 1 saturated heterocycles. The summed E-state index contributed by atoms with van der Waals surface area (Å²) in [4.78, 5) is 12.2. The van der Waals surface area contributed by atoms with Crippen LogP contribution in [0.4, 0.5) is 0 Å². The number of carbonyl (C=O) groups excluding carboxylic acids is 1. The van der Waals surface area contributed by atoms with Gasteiger partial charge in [0.2, 0.25) is 5.16 Å². The number of Topliss-reactive ketones (excluding diaryl/α,β-unsaturated/α-hetero) is 1. The molecule has 22 heavy (non-hydrogen) atoms. The summed E-state index contributed by atoms with van der Waals surface area (Å²) in [5, 5.41) is 15.8. The largest absolute Gasteiger partial charge is 0.307 e. The monoisotopic (exact) mass is 317 g/mol. The lowest BCUT2D eigenvalue weighted by molar-refractivity contribution is -0.118. The fourth-order valence-electron chi connectivity index (χ4n) is 2.74. The van der Waals surface area contributed by atoms with Crippen LogP contribution in [0.2, 0.25) is 0 Å². The lowest BCUT2D eigenvalue weighted by atomic mass is 10.1. The van der Waals surface area contributed by atoms with E-state index < -0.39 is 0 Å². The van der Waals surface area contributed by atoms with Gasteiger partial charge in [-0.2, -0.15) is 4.68 Å². The number of hydrogen-bond acceptors (Lipinski definition) is 6. The highest BCUT2D eigenvalue weighted by atomic mass is 32.2. The maximum atomic E-state index is 12.2. The molecule has 0 radical (unpaired) electrons. The van der Waals surface area contributed by atoms with E-state index in [0.29, 0.717) is 10.9 Å². The van der Waals surface area contributed by atoms with E-state index in [2.05, 4.69) is 20.8 Å². The minimum Gasteiger partial charge on any atom is -0.307 e. The molecule has 1 atom stereocenters. The van der Waals surface area contributed by atoms with E-state index in [4.69, 9.17) is 0 Å². The van der Waals surface area contributed by atoms with Gasteiger partial charge in [-0.1, -0.05) is 30.0 Å². The van der Waals surface area contributed by atoms with Crippen molar-refractivity contribution in [3.8, 4) is 5.69 Å². The van der Waals surface area contributed by atoms with E-state index in [1.165, 1.54) is 11.8 Å². The van der Waals surface area contributed by atoms with E-state index in [9.17, 15) is 4.79 Å². The highest BCUT2D eigenvalue weighted by Crippen LogP contribution is 2.24. The van der Waals surface area contributed by atoms with Crippen molar-refractivity contribution in [2.24, 2.45) is 0 Å². The van der Waals surface area contributed by atoms with Crippen LogP contribution in [0.3, 0.4) is 0 Å². The third-order valence-corrected chi connectivity index (χ3v) is 4.83. The van der Waals surface area contributed by atoms with E-state index in [-0.39, 0.29) is 11.8 Å². The van der Waals surface area contributed by atoms with Gasteiger partial charge in [-0.05, 0) is 54.8 Å². The van der Waals surface area contributed by atoms with Gasteiger partial charge in [-0.3, -0.25) is 4.79 Å². The van der Waals surface area contributed by atoms with Crippen molar-refractivity contribution in [3.05, 3.63) is 29.3 Å². The van der Waals surface area contributed by atoms with Gasteiger partial charge >= 0.3 is 0 Å². The molecule has 0 amide bonds. The van der Waals surface area contributed by atoms with E-state index in [1.807, 2.05) is 32.0 Å². The maximum absolute atomic E-state index is 12.2. The smallest absolute Gasteiger partial charge is 0.214 e. The summed E-state index contributed by atoms with van der Waals surface area (Å²) in [6.07, 6.45) is 2.00. The van der Waals surface area contributed by atoms with Crippen molar-refractivity contribution in [1.29, 1.82) is 0 Å². The predicted octanol–water partition coefficient (Wildman–Crippen LogP) is 1.69. The molecule has 0 spiro atoms.